The van der Waals surface area contributed by atoms with E-state index in [1.54, 1.807) is 7.05 Å². The first-order valence-electron chi connectivity index (χ1n) is 10.1. The number of aliphatic hydroxyl groups is 1. The van der Waals surface area contributed by atoms with Crippen molar-refractivity contribution in [3.63, 3.8) is 0 Å². The highest BCUT2D eigenvalue weighted by atomic mass is 127. The van der Waals surface area contributed by atoms with Crippen molar-refractivity contribution in [2.24, 2.45) is 10.4 Å². The predicted octanol–water partition coefficient (Wildman–Crippen LogP) is 3.05. The number of aliphatic imine (C=N–C) groups is 1. The number of carbonyl (C=O) groups is 1. The second-order valence-corrected chi connectivity index (χ2v) is 7.36. The average Bonchev–Trinajstić information content (AvgIpc) is 2.71. The molecule has 7 heteroatoms. The Morgan fingerprint density at radius 3 is 2.39 bits per heavy atom. The van der Waals surface area contributed by atoms with Gasteiger partial charge in [-0.3, -0.25) is 4.79 Å². The van der Waals surface area contributed by atoms with Gasteiger partial charge in [-0.1, -0.05) is 31.4 Å². The second kappa shape index (κ2) is 13.0. The molecule has 0 aliphatic heterocycles. The molecule has 1 aliphatic rings. The lowest BCUT2D eigenvalue weighted by Gasteiger charge is -2.37. The topological polar surface area (TPSA) is 85.8 Å². The molecule has 1 amide bonds. The van der Waals surface area contributed by atoms with E-state index in [4.69, 9.17) is 0 Å². The number of rotatable bonds is 8. The number of amides is 1. The van der Waals surface area contributed by atoms with E-state index in [-0.39, 0.29) is 41.9 Å². The molecule has 0 atom stereocenters. The molecule has 0 heterocycles. The number of hydrogen-bond acceptors (Lipinski definition) is 3. The zero-order valence-electron chi connectivity index (χ0n) is 17.1. The van der Waals surface area contributed by atoms with Crippen LogP contribution in [0.1, 0.15) is 61.4 Å². The molecule has 4 N–H and O–H groups in total. The van der Waals surface area contributed by atoms with Crippen LogP contribution in [0.5, 0.6) is 0 Å². The van der Waals surface area contributed by atoms with Crippen LogP contribution in [0.25, 0.3) is 0 Å². The van der Waals surface area contributed by atoms with E-state index in [2.05, 4.69) is 27.9 Å². The van der Waals surface area contributed by atoms with Crippen LogP contribution in [0.4, 0.5) is 0 Å². The van der Waals surface area contributed by atoms with Gasteiger partial charge < -0.3 is 21.1 Å². The minimum Gasteiger partial charge on any atom is -0.396 e. The van der Waals surface area contributed by atoms with Gasteiger partial charge in [-0.05, 0) is 49.3 Å². The molecule has 0 aromatic heterocycles. The Kier molecular flexibility index (Phi) is 11.4. The Morgan fingerprint density at radius 1 is 1.14 bits per heavy atom. The first kappa shape index (κ1) is 24.7. The molecule has 158 valence electrons. The molecule has 1 aromatic carbocycles. The summed E-state index contributed by atoms with van der Waals surface area (Å²) in [5.41, 5.74) is 1.89. The number of carbonyl (C=O) groups excluding carboxylic acids is 1. The number of nitrogens with zero attached hydrogens (tertiary/aromatic N) is 1. The number of hydrogen-bond donors (Lipinski definition) is 4. The van der Waals surface area contributed by atoms with Crippen molar-refractivity contribution >= 4 is 35.8 Å². The molecule has 2 rings (SSSR count). The molecule has 1 aromatic rings. The van der Waals surface area contributed by atoms with Gasteiger partial charge in [0.2, 0.25) is 0 Å². The molecular formula is C21H35IN4O2. The van der Waals surface area contributed by atoms with E-state index < -0.39 is 0 Å². The lowest BCUT2D eigenvalue weighted by atomic mass is 9.72. The second-order valence-electron chi connectivity index (χ2n) is 7.36. The van der Waals surface area contributed by atoms with Crippen LogP contribution in [0.3, 0.4) is 0 Å². The third kappa shape index (κ3) is 7.58. The first-order valence-corrected chi connectivity index (χ1v) is 10.1. The summed E-state index contributed by atoms with van der Waals surface area (Å²) in [6.07, 6.45) is 6.97. The Hall–Kier alpha value is -1.35. The van der Waals surface area contributed by atoms with Gasteiger partial charge >= 0.3 is 0 Å². The van der Waals surface area contributed by atoms with E-state index >= 15 is 0 Å². The maximum atomic E-state index is 11.6. The van der Waals surface area contributed by atoms with Gasteiger partial charge in [0.1, 0.15) is 0 Å². The Labute approximate surface area is 186 Å². The fourth-order valence-electron chi connectivity index (χ4n) is 3.74. The molecule has 1 aliphatic carbocycles. The maximum Gasteiger partial charge on any atom is 0.251 e. The molecule has 0 saturated heterocycles. The number of nitrogens with one attached hydrogen (secondary N) is 3. The van der Waals surface area contributed by atoms with Crippen molar-refractivity contribution in [2.45, 2.75) is 52.0 Å². The maximum absolute atomic E-state index is 11.6. The van der Waals surface area contributed by atoms with Gasteiger partial charge in [-0.25, -0.2) is 4.99 Å². The first-order chi connectivity index (χ1) is 13.1. The van der Waals surface area contributed by atoms with Crippen molar-refractivity contribution in [2.75, 3.05) is 26.7 Å². The standard InChI is InChI=1S/C21H34N4O2.HI/c1-3-23-20(25-16-21(13-14-26)11-5-4-6-12-21)24-15-17-7-9-18(10-8-17)19(27)22-2;/h7-10,26H,3-6,11-16H2,1-2H3,(H,22,27)(H2,23,24,25);1H. The van der Waals surface area contributed by atoms with Crippen LogP contribution in [-0.4, -0.2) is 43.7 Å². The Bertz CT molecular complexity index is 608. The zero-order valence-corrected chi connectivity index (χ0v) is 19.4. The van der Waals surface area contributed by atoms with Crippen LogP contribution in [-0.2, 0) is 6.54 Å². The monoisotopic (exact) mass is 502 g/mol. The van der Waals surface area contributed by atoms with Gasteiger partial charge in [0.25, 0.3) is 5.91 Å². The Morgan fingerprint density at radius 2 is 1.82 bits per heavy atom. The average molecular weight is 502 g/mol. The number of guanidine groups is 1. The van der Waals surface area contributed by atoms with Gasteiger partial charge in [-0.15, -0.1) is 24.0 Å². The molecular weight excluding hydrogens is 467 g/mol. The summed E-state index contributed by atoms with van der Waals surface area (Å²) in [7, 11) is 1.63. The number of benzene rings is 1. The SMILES string of the molecule is CCNC(=NCc1ccc(C(=O)NC)cc1)NCC1(CCO)CCCCC1.I. The fourth-order valence-corrected chi connectivity index (χ4v) is 3.74. The van der Waals surface area contributed by atoms with Crippen LogP contribution in [0, 0.1) is 5.41 Å². The van der Waals surface area contributed by atoms with E-state index in [0.717, 1.165) is 31.0 Å². The normalized spacial score (nSPS) is 16.0. The van der Waals surface area contributed by atoms with Crippen molar-refractivity contribution < 1.29 is 9.90 Å². The van der Waals surface area contributed by atoms with Gasteiger partial charge in [0.15, 0.2) is 5.96 Å². The van der Waals surface area contributed by atoms with E-state index in [9.17, 15) is 9.90 Å². The number of halogens is 1. The van der Waals surface area contributed by atoms with Crippen LogP contribution >= 0.6 is 24.0 Å². The molecule has 28 heavy (non-hydrogen) atoms. The summed E-state index contributed by atoms with van der Waals surface area (Å²) >= 11 is 0. The quantitative estimate of drug-likeness (QED) is 0.250. The molecule has 0 spiro atoms. The lowest BCUT2D eigenvalue weighted by molar-refractivity contribution is 0.0963. The summed E-state index contributed by atoms with van der Waals surface area (Å²) in [6, 6.07) is 7.52. The molecule has 1 saturated carbocycles. The fraction of sp³-hybridized carbons (Fsp3) is 0.619. The van der Waals surface area contributed by atoms with Crippen molar-refractivity contribution in [1.82, 2.24) is 16.0 Å². The summed E-state index contributed by atoms with van der Waals surface area (Å²) < 4.78 is 0. The van der Waals surface area contributed by atoms with Crippen molar-refractivity contribution in [1.29, 1.82) is 0 Å². The minimum absolute atomic E-state index is 0. The highest BCUT2D eigenvalue weighted by Crippen LogP contribution is 2.38. The van der Waals surface area contributed by atoms with Crippen LogP contribution < -0.4 is 16.0 Å². The minimum atomic E-state index is -0.0817. The summed E-state index contributed by atoms with van der Waals surface area (Å²) in [5, 5.41) is 18.9. The Balaban J connectivity index is 0.00000392. The molecule has 6 nitrogen and oxygen atoms in total. The number of aliphatic hydroxyl groups excluding tert-OH is 1. The third-order valence-electron chi connectivity index (χ3n) is 5.39. The summed E-state index contributed by atoms with van der Waals surface area (Å²) in [6.45, 7) is 4.49. The largest absolute Gasteiger partial charge is 0.396 e. The summed E-state index contributed by atoms with van der Waals surface area (Å²) in [5.74, 6) is 0.720. The molecule has 1 fully saturated rings. The van der Waals surface area contributed by atoms with E-state index in [0.29, 0.717) is 12.1 Å². The smallest absolute Gasteiger partial charge is 0.251 e. The summed E-state index contributed by atoms with van der Waals surface area (Å²) in [4.78, 5) is 16.3. The van der Waals surface area contributed by atoms with Gasteiger partial charge in [0, 0.05) is 32.3 Å². The van der Waals surface area contributed by atoms with Crippen LogP contribution in [0.15, 0.2) is 29.3 Å². The highest BCUT2D eigenvalue weighted by molar-refractivity contribution is 14.0. The third-order valence-corrected chi connectivity index (χ3v) is 5.39. The molecule has 0 radical (unpaired) electrons. The van der Waals surface area contributed by atoms with Crippen molar-refractivity contribution in [3.8, 4) is 0 Å². The highest BCUT2D eigenvalue weighted by Gasteiger charge is 2.31. The van der Waals surface area contributed by atoms with Crippen molar-refractivity contribution in [3.05, 3.63) is 35.4 Å². The van der Waals surface area contributed by atoms with Gasteiger partial charge in [0.05, 0.1) is 6.54 Å². The molecule has 0 bridgehead atoms. The van der Waals surface area contributed by atoms with Gasteiger partial charge in [-0.2, -0.15) is 0 Å². The molecule has 0 unspecified atom stereocenters. The van der Waals surface area contributed by atoms with E-state index in [1.165, 1.54) is 32.1 Å². The van der Waals surface area contributed by atoms with Crippen LogP contribution in [0.2, 0.25) is 0 Å². The van der Waals surface area contributed by atoms with E-state index in [1.807, 2.05) is 24.3 Å². The predicted molar refractivity (Wildman–Crippen MR) is 125 cm³/mol. The lowest BCUT2D eigenvalue weighted by Crippen LogP contribution is -2.44. The zero-order chi connectivity index (χ0) is 19.5.